The molecule has 0 aromatic heterocycles. The lowest BCUT2D eigenvalue weighted by Gasteiger charge is -2.50. The molecule has 4 aliphatic rings. The van der Waals surface area contributed by atoms with Crippen LogP contribution >= 0.6 is 0 Å². The lowest BCUT2D eigenvalue weighted by molar-refractivity contribution is -0.348. The fourth-order valence-electron chi connectivity index (χ4n) is 6.60. The molecule has 45 heavy (non-hydrogen) atoms. The third kappa shape index (κ3) is 4.81. The predicted molar refractivity (Wildman–Crippen MR) is 140 cm³/mol. The largest absolute Gasteiger partial charge is 0.481 e. The highest BCUT2D eigenvalue weighted by atomic mass is 32.2. The quantitative estimate of drug-likeness (QED) is 0.311. The summed E-state index contributed by atoms with van der Waals surface area (Å²) < 4.78 is 141. The number of nitrogens with zero attached hydrogens (tertiary/aromatic N) is 1. The minimum absolute atomic E-state index is 0.0354. The van der Waals surface area contributed by atoms with Crippen molar-refractivity contribution in [2.75, 3.05) is 19.7 Å². The van der Waals surface area contributed by atoms with Crippen molar-refractivity contribution < 1.29 is 63.0 Å². The highest BCUT2D eigenvalue weighted by Crippen LogP contribution is 2.54. The van der Waals surface area contributed by atoms with Crippen molar-refractivity contribution in [1.82, 2.24) is 4.90 Å². The fourth-order valence-corrected chi connectivity index (χ4v) is 8.77. The topological polar surface area (TPSA) is 101 Å². The molecule has 1 aliphatic carbocycles. The molecular formula is C29H27F8NO6S. The van der Waals surface area contributed by atoms with Crippen molar-refractivity contribution in [2.24, 2.45) is 5.41 Å². The molecule has 16 heteroatoms. The van der Waals surface area contributed by atoms with Crippen LogP contribution in [0.25, 0.3) is 0 Å². The molecule has 2 aromatic carbocycles. The smallest absolute Gasteiger partial charge is 0.435 e. The summed E-state index contributed by atoms with van der Waals surface area (Å²) in [5.41, 5.74) is -10.5. The molecule has 0 spiro atoms. The van der Waals surface area contributed by atoms with Crippen LogP contribution in [0.1, 0.15) is 48.8 Å². The first-order valence-corrected chi connectivity index (χ1v) is 15.3. The molecule has 2 bridgehead atoms. The third-order valence-corrected chi connectivity index (χ3v) is 12.0. The summed E-state index contributed by atoms with van der Waals surface area (Å²) >= 11 is 0. The van der Waals surface area contributed by atoms with Crippen molar-refractivity contribution in [3.05, 3.63) is 65.0 Å². The molecular weight excluding hydrogens is 642 g/mol. The lowest BCUT2D eigenvalue weighted by atomic mass is 9.65. The summed E-state index contributed by atoms with van der Waals surface area (Å²) in [5, 5.41) is 9.62. The van der Waals surface area contributed by atoms with Gasteiger partial charge in [-0.1, -0.05) is 24.3 Å². The molecule has 246 valence electrons. The standard InChI is InChI=1S/C29H27F8NO6S/c1-17-14-20(6-7-21(17)30)45(42,43)26(18-2-4-19(5-3-18)27(31,28(32,33)34)29(35,36)37)12-13-38(15-26)22(39)25-10-8-24(9-11-25,16-44-25)23(40)41/h2-7,14H,8-13,15-16H2,1H3,(H,40,41)/t24?,25?,26-/m0/s1. The number of ether oxygens (including phenoxy) is 1. The van der Waals surface area contributed by atoms with E-state index in [1.165, 1.54) is 6.92 Å². The number of carbonyl (C=O) groups is 2. The van der Waals surface area contributed by atoms with E-state index < -0.39 is 78.3 Å². The van der Waals surface area contributed by atoms with Gasteiger partial charge in [0.2, 0.25) is 0 Å². The number of alkyl halides is 7. The summed E-state index contributed by atoms with van der Waals surface area (Å²) in [6.45, 7) is 0.200. The van der Waals surface area contributed by atoms with Crippen LogP contribution in [0.4, 0.5) is 35.1 Å². The number of fused-ring (bicyclic) bond motifs is 3. The number of carboxylic acids is 1. The number of hydrogen-bond acceptors (Lipinski definition) is 5. The molecule has 1 atom stereocenters. The van der Waals surface area contributed by atoms with Gasteiger partial charge in [-0.05, 0) is 68.4 Å². The fraction of sp³-hybridized carbons (Fsp3) is 0.517. The highest BCUT2D eigenvalue weighted by Gasteiger charge is 2.73. The van der Waals surface area contributed by atoms with E-state index in [4.69, 9.17) is 4.74 Å². The minimum Gasteiger partial charge on any atom is -0.481 e. The van der Waals surface area contributed by atoms with Crippen LogP contribution in [0.2, 0.25) is 0 Å². The van der Waals surface area contributed by atoms with Gasteiger partial charge in [0, 0.05) is 18.7 Å². The first-order valence-electron chi connectivity index (χ1n) is 13.8. The molecule has 1 N–H and O–H groups in total. The molecule has 3 saturated heterocycles. The van der Waals surface area contributed by atoms with E-state index in [2.05, 4.69) is 0 Å². The number of halogens is 8. The first kappa shape index (κ1) is 33.1. The van der Waals surface area contributed by atoms with Crippen LogP contribution in [0.15, 0.2) is 47.4 Å². The summed E-state index contributed by atoms with van der Waals surface area (Å²) in [6, 6.07) is 4.58. The Hall–Kier alpha value is -3.27. The van der Waals surface area contributed by atoms with Gasteiger partial charge in [-0.15, -0.1) is 0 Å². The van der Waals surface area contributed by atoms with E-state index in [0.717, 1.165) is 23.1 Å². The van der Waals surface area contributed by atoms with Crippen LogP contribution in [0.3, 0.4) is 0 Å². The maximum Gasteiger partial charge on any atom is 0.435 e. The monoisotopic (exact) mass is 669 g/mol. The third-order valence-electron chi connectivity index (χ3n) is 9.55. The number of aryl methyl sites for hydroxylation is 1. The molecule has 1 saturated carbocycles. The van der Waals surface area contributed by atoms with Crippen molar-refractivity contribution >= 4 is 21.7 Å². The number of rotatable bonds is 6. The molecule has 6 rings (SSSR count). The number of aliphatic carboxylic acids is 1. The molecule has 0 radical (unpaired) electrons. The normalized spacial score (nSPS) is 27.5. The number of carbonyl (C=O) groups excluding carboxylic acids is 1. The first-order chi connectivity index (χ1) is 20.7. The van der Waals surface area contributed by atoms with Crippen LogP contribution in [-0.2, 0) is 34.6 Å². The molecule has 3 heterocycles. The number of carboxylic acid groups (broad SMARTS) is 1. The van der Waals surface area contributed by atoms with Crippen molar-refractivity contribution in [2.45, 2.75) is 72.3 Å². The molecule has 7 nitrogen and oxygen atoms in total. The Morgan fingerprint density at radius 3 is 1.93 bits per heavy atom. The van der Waals surface area contributed by atoms with E-state index in [9.17, 15) is 58.2 Å². The van der Waals surface area contributed by atoms with Crippen molar-refractivity contribution in [3.63, 3.8) is 0 Å². The van der Waals surface area contributed by atoms with Crippen LogP contribution in [0.5, 0.6) is 0 Å². The number of likely N-dealkylation sites (tertiary alicyclic amines) is 1. The molecule has 1 amide bonds. The second kappa shape index (κ2) is 10.4. The summed E-state index contributed by atoms with van der Waals surface area (Å²) in [7, 11) is -4.65. The lowest BCUT2D eigenvalue weighted by Crippen LogP contribution is -2.61. The Bertz CT molecular complexity index is 1600. The Balaban J connectivity index is 1.57. The van der Waals surface area contributed by atoms with Gasteiger partial charge < -0.3 is 14.7 Å². The summed E-state index contributed by atoms with van der Waals surface area (Å²) in [6.07, 6.45) is -12.8. The maximum atomic E-state index is 14.8. The number of amides is 1. The zero-order valence-electron chi connectivity index (χ0n) is 23.6. The zero-order valence-corrected chi connectivity index (χ0v) is 24.4. The van der Waals surface area contributed by atoms with E-state index in [1.807, 2.05) is 0 Å². The van der Waals surface area contributed by atoms with Gasteiger partial charge in [0.05, 0.1) is 16.9 Å². The van der Waals surface area contributed by atoms with Gasteiger partial charge in [0.1, 0.15) is 16.2 Å². The van der Waals surface area contributed by atoms with Gasteiger partial charge in [0.25, 0.3) is 5.91 Å². The summed E-state index contributed by atoms with van der Waals surface area (Å²) in [5.74, 6) is -2.44. The number of benzene rings is 2. The average molecular weight is 670 g/mol. The Morgan fingerprint density at radius 2 is 1.47 bits per heavy atom. The Labute approximate surface area is 252 Å². The van der Waals surface area contributed by atoms with E-state index in [0.29, 0.717) is 12.1 Å². The maximum absolute atomic E-state index is 14.8. The van der Waals surface area contributed by atoms with Crippen molar-refractivity contribution in [3.8, 4) is 0 Å². The minimum atomic E-state index is -6.39. The van der Waals surface area contributed by atoms with Crippen LogP contribution < -0.4 is 0 Å². The Kier molecular flexibility index (Phi) is 7.63. The predicted octanol–water partition coefficient (Wildman–Crippen LogP) is 5.74. The van der Waals surface area contributed by atoms with Gasteiger partial charge in [-0.2, -0.15) is 26.3 Å². The zero-order chi connectivity index (χ0) is 33.4. The van der Waals surface area contributed by atoms with Gasteiger partial charge in [-0.25, -0.2) is 17.2 Å². The molecule has 3 aliphatic heterocycles. The number of sulfone groups is 1. The van der Waals surface area contributed by atoms with E-state index in [-0.39, 0.29) is 68.5 Å². The SMILES string of the molecule is Cc1cc(S(=O)(=O)[C@@]2(c3ccc(C(F)(C(F)(F)F)C(F)(F)F)cc3)CCN(C(=O)C34CCC(C(=O)O)(CC3)CO4)C2)ccc1F. The van der Waals surface area contributed by atoms with Crippen LogP contribution in [-0.4, -0.2) is 68.0 Å². The summed E-state index contributed by atoms with van der Waals surface area (Å²) in [4.78, 5) is 26.4. The molecule has 2 aromatic rings. The van der Waals surface area contributed by atoms with Gasteiger partial charge in [0.15, 0.2) is 9.84 Å². The second-order valence-electron chi connectivity index (χ2n) is 12.0. The highest BCUT2D eigenvalue weighted by molar-refractivity contribution is 7.92. The van der Waals surface area contributed by atoms with Gasteiger partial charge in [-0.3, -0.25) is 9.59 Å². The molecule has 4 fully saturated rings. The van der Waals surface area contributed by atoms with Gasteiger partial charge >= 0.3 is 24.0 Å². The second-order valence-corrected chi connectivity index (χ2v) is 14.2. The molecule has 0 unspecified atom stereocenters. The average Bonchev–Trinajstić information content (AvgIpc) is 3.45. The number of hydrogen-bond donors (Lipinski definition) is 1. The Morgan fingerprint density at radius 1 is 0.889 bits per heavy atom. The van der Waals surface area contributed by atoms with E-state index in [1.54, 1.807) is 0 Å². The van der Waals surface area contributed by atoms with E-state index >= 15 is 0 Å². The van der Waals surface area contributed by atoms with Crippen LogP contribution in [0, 0.1) is 18.2 Å². The van der Waals surface area contributed by atoms with Crippen molar-refractivity contribution in [1.29, 1.82) is 0 Å².